The summed E-state index contributed by atoms with van der Waals surface area (Å²) < 4.78 is 23.8. The zero-order valence-corrected chi connectivity index (χ0v) is 11.5. The summed E-state index contributed by atoms with van der Waals surface area (Å²) in [5, 5.41) is 9.71. The number of halogens is 2. The Bertz CT molecular complexity index is 645. The number of H-pyrrole nitrogens is 1. The number of esters is 1. The Balaban J connectivity index is 2.58. The number of nitrogens with zero attached hydrogens (tertiary/aromatic N) is 2. The van der Waals surface area contributed by atoms with Crippen molar-refractivity contribution in [3.63, 3.8) is 0 Å². The van der Waals surface area contributed by atoms with Gasteiger partial charge in [0.05, 0.1) is 24.3 Å². The lowest BCUT2D eigenvalue weighted by molar-refractivity contribution is 0.0520. The van der Waals surface area contributed by atoms with Crippen LogP contribution in [0.1, 0.15) is 17.4 Å². The van der Waals surface area contributed by atoms with E-state index >= 15 is 0 Å². The maximum absolute atomic E-state index is 14.0. The number of nitrogens with one attached hydrogen (secondary N) is 1. The van der Waals surface area contributed by atoms with Gasteiger partial charge in [-0.15, -0.1) is 5.10 Å². The molecule has 1 aromatic carbocycles. The standard InChI is InChI=1S/C12H11ClFN3O3/c1-3-20-12(18)11-10(15-17-16-11)8-6(14)4-5-7(19-2)9(8)13/h4-5H,3H2,1-2H3,(H,15,16,17). The van der Waals surface area contributed by atoms with Crippen molar-refractivity contribution in [3.8, 4) is 17.0 Å². The highest BCUT2D eigenvalue weighted by molar-refractivity contribution is 6.35. The molecule has 0 aliphatic rings. The molecule has 0 radical (unpaired) electrons. The fraction of sp³-hybridized carbons (Fsp3) is 0.250. The van der Waals surface area contributed by atoms with Crippen molar-refractivity contribution in [2.45, 2.75) is 6.92 Å². The first-order valence-electron chi connectivity index (χ1n) is 5.70. The molecule has 0 fully saturated rings. The Morgan fingerprint density at radius 2 is 2.20 bits per heavy atom. The van der Waals surface area contributed by atoms with Crippen LogP contribution in [0.5, 0.6) is 5.75 Å². The maximum Gasteiger partial charge on any atom is 0.361 e. The number of hydrogen-bond acceptors (Lipinski definition) is 5. The summed E-state index contributed by atoms with van der Waals surface area (Å²) in [5.74, 6) is -1.09. The Labute approximate surface area is 118 Å². The van der Waals surface area contributed by atoms with E-state index in [9.17, 15) is 9.18 Å². The number of carbonyl (C=O) groups excluding carboxylic acids is 1. The van der Waals surface area contributed by atoms with Crippen LogP contribution >= 0.6 is 11.6 Å². The summed E-state index contributed by atoms with van der Waals surface area (Å²) in [6.07, 6.45) is 0. The van der Waals surface area contributed by atoms with E-state index in [4.69, 9.17) is 21.1 Å². The number of aromatic nitrogens is 3. The second-order valence-electron chi connectivity index (χ2n) is 3.68. The first-order chi connectivity index (χ1) is 9.60. The molecule has 8 heteroatoms. The SMILES string of the molecule is CCOC(=O)c1n[nH]nc1-c1c(F)ccc(OC)c1Cl. The lowest BCUT2D eigenvalue weighted by atomic mass is 10.1. The number of carbonyl (C=O) groups is 1. The topological polar surface area (TPSA) is 77.1 Å². The van der Waals surface area contributed by atoms with Crippen molar-refractivity contribution in [2.75, 3.05) is 13.7 Å². The van der Waals surface area contributed by atoms with Gasteiger partial charge in [0.1, 0.15) is 17.3 Å². The van der Waals surface area contributed by atoms with Gasteiger partial charge in [0.25, 0.3) is 0 Å². The van der Waals surface area contributed by atoms with E-state index in [0.29, 0.717) is 0 Å². The molecule has 0 aliphatic carbocycles. The maximum atomic E-state index is 14.0. The molecule has 0 unspecified atom stereocenters. The molecular formula is C12H11ClFN3O3. The third-order valence-corrected chi connectivity index (χ3v) is 2.90. The molecule has 0 saturated carbocycles. The Morgan fingerprint density at radius 1 is 1.45 bits per heavy atom. The second kappa shape index (κ2) is 5.87. The van der Waals surface area contributed by atoms with Gasteiger partial charge in [-0.3, -0.25) is 0 Å². The second-order valence-corrected chi connectivity index (χ2v) is 4.06. The predicted octanol–water partition coefficient (Wildman–Crippen LogP) is 2.45. The highest BCUT2D eigenvalue weighted by atomic mass is 35.5. The lowest BCUT2D eigenvalue weighted by Gasteiger charge is -2.08. The highest BCUT2D eigenvalue weighted by Gasteiger charge is 2.25. The van der Waals surface area contributed by atoms with Crippen LogP contribution in [0.2, 0.25) is 5.02 Å². The summed E-state index contributed by atoms with van der Waals surface area (Å²) in [6.45, 7) is 1.82. The first-order valence-corrected chi connectivity index (χ1v) is 6.08. The molecule has 20 heavy (non-hydrogen) atoms. The molecule has 106 valence electrons. The number of rotatable bonds is 4. The van der Waals surface area contributed by atoms with Crippen LogP contribution in [-0.4, -0.2) is 35.1 Å². The Hall–Kier alpha value is -2.15. The van der Waals surface area contributed by atoms with Crippen molar-refractivity contribution in [2.24, 2.45) is 0 Å². The number of benzene rings is 1. The molecule has 0 amide bonds. The molecule has 0 spiro atoms. The molecule has 0 atom stereocenters. The molecule has 0 aliphatic heterocycles. The largest absolute Gasteiger partial charge is 0.495 e. The van der Waals surface area contributed by atoms with Gasteiger partial charge in [-0.25, -0.2) is 9.18 Å². The quantitative estimate of drug-likeness (QED) is 0.877. The average molecular weight is 300 g/mol. The van der Waals surface area contributed by atoms with E-state index in [-0.39, 0.29) is 34.3 Å². The van der Waals surface area contributed by atoms with E-state index in [1.54, 1.807) is 6.92 Å². The molecular weight excluding hydrogens is 289 g/mol. The summed E-state index contributed by atoms with van der Waals surface area (Å²) in [7, 11) is 1.40. The van der Waals surface area contributed by atoms with Gasteiger partial charge in [-0.1, -0.05) is 11.6 Å². The smallest absolute Gasteiger partial charge is 0.361 e. The number of aromatic amines is 1. The van der Waals surface area contributed by atoms with Crippen LogP contribution in [0.15, 0.2) is 12.1 Å². The molecule has 2 rings (SSSR count). The predicted molar refractivity (Wildman–Crippen MR) is 69.3 cm³/mol. The molecule has 2 aromatic rings. The number of hydrogen-bond donors (Lipinski definition) is 1. The first kappa shape index (κ1) is 14.3. The molecule has 6 nitrogen and oxygen atoms in total. The Kier molecular flexibility index (Phi) is 4.19. The fourth-order valence-electron chi connectivity index (χ4n) is 1.66. The van der Waals surface area contributed by atoms with Gasteiger partial charge in [0, 0.05) is 0 Å². The van der Waals surface area contributed by atoms with E-state index in [1.807, 2.05) is 0 Å². The van der Waals surface area contributed by atoms with Gasteiger partial charge in [-0.05, 0) is 19.1 Å². The minimum atomic E-state index is -0.713. The van der Waals surface area contributed by atoms with Crippen LogP contribution in [0.3, 0.4) is 0 Å². The van der Waals surface area contributed by atoms with Crippen LogP contribution in [0.25, 0.3) is 11.3 Å². The molecule has 1 N–H and O–H groups in total. The van der Waals surface area contributed by atoms with Gasteiger partial charge in [0.2, 0.25) is 0 Å². The van der Waals surface area contributed by atoms with Crippen molar-refractivity contribution >= 4 is 17.6 Å². The summed E-state index contributed by atoms with van der Waals surface area (Å²) >= 11 is 6.06. The van der Waals surface area contributed by atoms with Gasteiger partial charge < -0.3 is 9.47 Å². The van der Waals surface area contributed by atoms with Gasteiger partial charge >= 0.3 is 5.97 Å². The minimum Gasteiger partial charge on any atom is -0.495 e. The van der Waals surface area contributed by atoms with Crippen molar-refractivity contribution in [3.05, 3.63) is 28.7 Å². The van der Waals surface area contributed by atoms with Crippen LogP contribution in [0.4, 0.5) is 4.39 Å². The molecule has 0 saturated heterocycles. The third-order valence-electron chi connectivity index (χ3n) is 2.53. The van der Waals surface area contributed by atoms with Crippen LogP contribution in [0, 0.1) is 5.82 Å². The molecule has 0 bridgehead atoms. The average Bonchev–Trinajstić information content (AvgIpc) is 2.88. The number of ether oxygens (including phenoxy) is 2. The lowest BCUT2D eigenvalue weighted by Crippen LogP contribution is -2.07. The van der Waals surface area contributed by atoms with Crippen molar-refractivity contribution in [1.82, 2.24) is 15.4 Å². The van der Waals surface area contributed by atoms with Crippen molar-refractivity contribution in [1.29, 1.82) is 0 Å². The normalized spacial score (nSPS) is 10.4. The summed E-state index contributed by atoms with van der Waals surface area (Å²) in [5.41, 5.74) is -0.228. The van der Waals surface area contributed by atoms with Crippen LogP contribution < -0.4 is 4.74 Å². The highest BCUT2D eigenvalue weighted by Crippen LogP contribution is 2.37. The zero-order chi connectivity index (χ0) is 14.7. The minimum absolute atomic E-state index is 0.00643. The van der Waals surface area contributed by atoms with Crippen molar-refractivity contribution < 1.29 is 18.7 Å². The van der Waals surface area contributed by atoms with E-state index < -0.39 is 11.8 Å². The van der Waals surface area contributed by atoms with Crippen LogP contribution in [-0.2, 0) is 4.74 Å². The Morgan fingerprint density at radius 3 is 2.85 bits per heavy atom. The van der Waals surface area contributed by atoms with E-state index in [0.717, 1.165) is 0 Å². The summed E-state index contributed by atoms with van der Waals surface area (Å²) in [6, 6.07) is 2.55. The van der Waals surface area contributed by atoms with E-state index in [2.05, 4.69) is 15.4 Å². The fourth-order valence-corrected chi connectivity index (χ4v) is 1.97. The molecule has 1 heterocycles. The van der Waals surface area contributed by atoms with Gasteiger partial charge in [0.15, 0.2) is 5.69 Å². The van der Waals surface area contributed by atoms with E-state index in [1.165, 1.54) is 19.2 Å². The monoisotopic (exact) mass is 299 g/mol. The van der Waals surface area contributed by atoms with Gasteiger partial charge in [-0.2, -0.15) is 10.3 Å². The molecule has 1 aromatic heterocycles. The number of methoxy groups -OCH3 is 1. The zero-order valence-electron chi connectivity index (χ0n) is 10.7. The summed E-state index contributed by atoms with van der Waals surface area (Å²) in [4.78, 5) is 11.7. The third kappa shape index (κ3) is 2.44.